The molecule has 1 rings (SSSR count). The van der Waals surface area contributed by atoms with Crippen LogP contribution in [0.2, 0.25) is 0 Å². The molecule has 0 aliphatic carbocycles. The number of rotatable bonds is 1. The Morgan fingerprint density at radius 1 is 0.923 bits per heavy atom. The van der Waals surface area contributed by atoms with Gasteiger partial charge in [0.15, 0.2) is 0 Å². The molecule has 0 radical (unpaired) electrons. The number of hydrogen-bond acceptors (Lipinski definition) is 2. The van der Waals surface area contributed by atoms with Crippen LogP contribution in [0.5, 0.6) is 11.5 Å². The summed E-state index contributed by atoms with van der Waals surface area (Å²) in [7, 11) is 1.59. The molecule has 0 aliphatic heterocycles. The van der Waals surface area contributed by atoms with Crippen molar-refractivity contribution in [2.75, 3.05) is 7.11 Å². The molecule has 0 bridgehead atoms. The SMILES string of the molecule is CC.CC.COc1ccc(O)cc1. The lowest BCUT2D eigenvalue weighted by Crippen LogP contribution is -1.79. The van der Waals surface area contributed by atoms with Gasteiger partial charge in [-0.2, -0.15) is 0 Å². The Morgan fingerprint density at radius 2 is 1.31 bits per heavy atom. The van der Waals surface area contributed by atoms with Crippen LogP contribution in [0.25, 0.3) is 0 Å². The van der Waals surface area contributed by atoms with Crippen molar-refractivity contribution >= 4 is 0 Å². The summed E-state index contributed by atoms with van der Waals surface area (Å²) >= 11 is 0. The first-order chi connectivity index (χ1) is 6.33. The van der Waals surface area contributed by atoms with Crippen LogP contribution in [-0.2, 0) is 0 Å². The van der Waals surface area contributed by atoms with Crippen molar-refractivity contribution in [3.05, 3.63) is 24.3 Å². The zero-order chi connectivity index (χ0) is 10.7. The van der Waals surface area contributed by atoms with Crippen molar-refractivity contribution in [3.8, 4) is 11.5 Å². The van der Waals surface area contributed by atoms with Gasteiger partial charge in [-0.05, 0) is 24.3 Å². The lowest BCUT2D eigenvalue weighted by Gasteiger charge is -1.96. The Labute approximate surface area is 81.2 Å². The molecule has 0 saturated heterocycles. The normalized spacial score (nSPS) is 7.15. The quantitative estimate of drug-likeness (QED) is 0.724. The molecule has 1 N–H and O–H groups in total. The highest BCUT2D eigenvalue weighted by Crippen LogP contribution is 2.14. The van der Waals surface area contributed by atoms with E-state index in [0.717, 1.165) is 5.75 Å². The summed E-state index contributed by atoms with van der Waals surface area (Å²) in [4.78, 5) is 0. The predicted molar refractivity (Wildman–Crippen MR) is 57.4 cm³/mol. The molecule has 0 heterocycles. The van der Waals surface area contributed by atoms with Gasteiger partial charge in [0.05, 0.1) is 7.11 Å². The lowest BCUT2D eigenvalue weighted by atomic mass is 10.3. The van der Waals surface area contributed by atoms with Gasteiger partial charge in [-0.25, -0.2) is 0 Å². The number of methoxy groups -OCH3 is 1. The summed E-state index contributed by atoms with van der Waals surface area (Å²) in [5.74, 6) is 1.02. The maximum absolute atomic E-state index is 8.80. The summed E-state index contributed by atoms with van der Waals surface area (Å²) in [5, 5.41) is 8.80. The summed E-state index contributed by atoms with van der Waals surface area (Å²) < 4.78 is 4.86. The molecule has 0 spiro atoms. The third-order valence-corrected chi connectivity index (χ3v) is 1.07. The van der Waals surface area contributed by atoms with Crippen LogP contribution in [0, 0.1) is 0 Å². The molecule has 0 amide bonds. The van der Waals surface area contributed by atoms with Crippen LogP contribution in [0.15, 0.2) is 24.3 Å². The maximum atomic E-state index is 8.80. The second kappa shape index (κ2) is 10.8. The third kappa shape index (κ3) is 7.19. The molecule has 0 aliphatic rings. The first-order valence-electron chi connectivity index (χ1n) is 4.66. The second-order valence-corrected chi connectivity index (χ2v) is 1.70. The lowest BCUT2D eigenvalue weighted by molar-refractivity contribution is 0.412. The van der Waals surface area contributed by atoms with Crippen LogP contribution < -0.4 is 4.74 Å². The molecule has 0 fully saturated rings. The highest BCUT2D eigenvalue weighted by Gasteiger charge is 1.87. The van der Waals surface area contributed by atoms with E-state index in [1.807, 2.05) is 27.7 Å². The standard InChI is InChI=1S/C7H8O2.2C2H6/c1-9-7-4-2-6(8)3-5-7;2*1-2/h2-5,8H,1H3;2*1-2H3. The van der Waals surface area contributed by atoms with Gasteiger partial charge in [-0.15, -0.1) is 0 Å². The van der Waals surface area contributed by atoms with Gasteiger partial charge in [-0.1, -0.05) is 27.7 Å². The summed E-state index contributed by atoms with van der Waals surface area (Å²) in [6.45, 7) is 8.00. The fraction of sp³-hybridized carbons (Fsp3) is 0.455. The number of phenols is 1. The molecule has 2 nitrogen and oxygen atoms in total. The van der Waals surface area contributed by atoms with Crippen LogP contribution >= 0.6 is 0 Å². The summed E-state index contributed by atoms with van der Waals surface area (Å²) in [6, 6.07) is 6.57. The first-order valence-corrected chi connectivity index (χ1v) is 4.66. The van der Waals surface area contributed by atoms with Gasteiger partial charge in [0.1, 0.15) is 11.5 Å². The van der Waals surface area contributed by atoms with E-state index in [-0.39, 0.29) is 5.75 Å². The molecule has 13 heavy (non-hydrogen) atoms. The van der Waals surface area contributed by atoms with Crippen molar-refractivity contribution < 1.29 is 9.84 Å². The minimum Gasteiger partial charge on any atom is -0.508 e. The second-order valence-electron chi connectivity index (χ2n) is 1.70. The number of benzene rings is 1. The zero-order valence-corrected chi connectivity index (χ0v) is 9.16. The van der Waals surface area contributed by atoms with Crippen molar-refractivity contribution in [2.24, 2.45) is 0 Å². The van der Waals surface area contributed by atoms with E-state index < -0.39 is 0 Å². The zero-order valence-electron chi connectivity index (χ0n) is 9.16. The van der Waals surface area contributed by atoms with Crippen molar-refractivity contribution in [1.29, 1.82) is 0 Å². The van der Waals surface area contributed by atoms with Gasteiger partial charge < -0.3 is 9.84 Å². The van der Waals surface area contributed by atoms with E-state index in [4.69, 9.17) is 9.84 Å². The molecule has 1 aromatic carbocycles. The van der Waals surface area contributed by atoms with E-state index in [2.05, 4.69) is 0 Å². The number of phenolic OH excluding ortho intramolecular Hbond substituents is 1. The molecule has 0 unspecified atom stereocenters. The largest absolute Gasteiger partial charge is 0.508 e. The van der Waals surface area contributed by atoms with E-state index in [9.17, 15) is 0 Å². The average molecular weight is 184 g/mol. The molecule has 0 aromatic heterocycles. The molecule has 1 aromatic rings. The van der Waals surface area contributed by atoms with Crippen LogP contribution in [-0.4, -0.2) is 12.2 Å². The minimum atomic E-state index is 0.260. The highest BCUT2D eigenvalue weighted by atomic mass is 16.5. The highest BCUT2D eigenvalue weighted by molar-refractivity contribution is 5.29. The molecular weight excluding hydrogens is 164 g/mol. The van der Waals surface area contributed by atoms with Crippen molar-refractivity contribution in [3.63, 3.8) is 0 Å². The number of ether oxygens (including phenoxy) is 1. The number of aromatic hydroxyl groups is 1. The third-order valence-electron chi connectivity index (χ3n) is 1.07. The topological polar surface area (TPSA) is 29.5 Å². The molecule has 2 heteroatoms. The summed E-state index contributed by atoms with van der Waals surface area (Å²) in [5.41, 5.74) is 0. The van der Waals surface area contributed by atoms with E-state index in [1.54, 1.807) is 31.4 Å². The van der Waals surface area contributed by atoms with Crippen LogP contribution in [0.4, 0.5) is 0 Å². The Morgan fingerprint density at radius 3 is 1.62 bits per heavy atom. The van der Waals surface area contributed by atoms with Gasteiger partial charge in [0.2, 0.25) is 0 Å². The minimum absolute atomic E-state index is 0.260. The fourth-order valence-electron chi connectivity index (χ4n) is 0.582. The fourth-order valence-corrected chi connectivity index (χ4v) is 0.582. The van der Waals surface area contributed by atoms with Crippen molar-refractivity contribution in [2.45, 2.75) is 27.7 Å². The molecule has 76 valence electrons. The first kappa shape index (κ1) is 14.3. The van der Waals surface area contributed by atoms with Crippen LogP contribution in [0.3, 0.4) is 0 Å². The Bertz CT molecular complexity index is 180. The Hall–Kier alpha value is -1.18. The van der Waals surface area contributed by atoms with E-state index in [0.29, 0.717) is 0 Å². The van der Waals surface area contributed by atoms with Crippen molar-refractivity contribution in [1.82, 2.24) is 0 Å². The van der Waals surface area contributed by atoms with E-state index in [1.165, 1.54) is 0 Å². The van der Waals surface area contributed by atoms with Gasteiger partial charge in [0, 0.05) is 0 Å². The Kier molecular flexibility index (Phi) is 11.9. The van der Waals surface area contributed by atoms with Gasteiger partial charge in [-0.3, -0.25) is 0 Å². The monoisotopic (exact) mass is 184 g/mol. The molecule has 0 saturated carbocycles. The average Bonchev–Trinajstić information content (AvgIpc) is 2.25. The molecule has 0 atom stereocenters. The Balaban J connectivity index is 0. The molecular formula is C11H20O2. The number of hydrogen-bond donors (Lipinski definition) is 1. The van der Waals surface area contributed by atoms with Gasteiger partial charge in [0.25, 0.3) is 0 Å². The van der Waals surface area contributed by atoms with Gasteiger partial charge >= 0.3 is 0 Å². The smallest absolute Gasteiger partial charge is 0.119 e. The predicted octanol–water partition coefficient (Wildman–Crippen LogP) is 3.45. The van der Waals surface area contributed by atoms with Crippen LogP contribution in [0.1, 0.15) is 27.7 Å². The maximum Gasteiger partial charge on any atom is 0.119 e. The summed E-state index contributed by atoms with van der Waals surface area (Å²) in [6.07, 6.45) is 0. The van der Waals surface area contributed by atoms with E-state index >= 15 is 0 Å².